The van der Waals surface area contributed by atoms with Crippen molar-refractivity contribution in [3.63, 3.8) is 0 Å². The average Bonchev–Trinajstić information content (AvgIpc) is 3.46. The summed E-state index contributed by atoms with van der Waals surface area (Å²) in [5.41, 5.74) is 1.84. The van der Waals surface area contributed by atoms with Crippen LogP contribution >= 0.6 is 0 Å². The molecule has 1 N–H and O–H groups in total. The normalized spacial score (nSPS) is 14.9. The summed E-state index contributed by atoms with van der Waals surface area (Å²) in [6.45, 7) is 0.213. The molecule has 7 heteroatoms. The molecule has 0 atom stereocenters. The summed E-state index contributed by atoms with van der Waals surface area (Å²) in [5, 5.41) is 3.02. The number of rotatable bonds is 4. The molecule has 28 heavy (non-hydrogen) atoms. The molecule has 0 bridgehead atoms. The highest BCUT2D eigenvalue weighted by molar-refractivity contribution is 5.91. The smallest absolute Gasteiger partial charge is 0.287 e. The molecule has 4 aromatic rings. The summed E-state index contributed by atoms with van der Waals surface area (Å²) < 4.78 is 9.17. The van der Waals surface area contributed by atoms with Crippen LogP contribution in [0, 0.1) is 0 Å². The van der Waals surface area contributed by atoms with Crippen molar-refractivity contribution in [1.29, 1.82) is 0 Å². The summed E-state index contributed by atoms with van der Waals surface area (Å²) in [5.74, 6) is 0.619. The number of aromatic nitrogens is 3. The van der Waals surface area contributed by atoms with Crippen molar-refractivity contribution in [2.45, 2.75) is 38.3 Å². The highest BCUT2D eigenvalue weighted by Crippen LogP contribution is 2.19. The van der Waals surface area contributed by atoms with Crippen LogP contribution in [-0.4, -0.2) is 25.9 Å². The van der Waals surface area contributed by atoms with Gasteiger partial charge in [-0.05, 0) is 49.2 Å². The third-order valence-electron chi connectivity index (χ3n) is 5.38. The van der Waals surface area contributed by atoms with Crippen LogP contribution in [0.4, 0.5) is 0 Å². The Morgan fingerprint density at radius 1 is 1.14 bits per heavy atom. The van der Waals surface area contributed by atoms with E-state index in [9.17, 15) is 9.59 Å². The Morgan fingerprint density at radius 2 is 1.96 bits per heavy atom. The van der Waals surface area contributed by atoms with Gasteiger partial charge in [-0.3, -0.25) is 14.2 Å². The fourth-order valence-corrected chi connectivity index (χ4v) is 4.00. The summed E-state index contributed by atoms with van der Waals surface area (Å²) in [7, 11) is 0. The van der Waals surface area contributed by atoms with Crippen molar-refractivity contribution in [1.82, 2.24) is 19.3 Å². The lowest BCUT2D eigenvalue weighted by molar-refractivity contribution is 0.0908. The fraction of sp³-hybridized carbons (Fsp3) is 0.286. The lowest BCUT2D eigenvalue weighted by Gasteiger charge is -2.11. The van der Waals surface area contributed by atoms with Crippen molar-refractivity contribution >= 4 is 22.6 Å². The third-order valence-corrected chi connectivity index (χ3v) is 5.38. The quantitative estimate of drug-likeness (QED) is 0.594. The third kappa shape index (κ3) is 2.79. The Bertz CT molecular complexity index is 1230. The van der Waals surface area contributed by atoms with E-state index < -0.39 is 0 Å². The first-order chi connectivity index (χ1) is 13.7. The van der Waals surface area contributed by atoms with Gasteiger partial charge in [-0.2, -0.15) is 0 Å². The molecule has 0 aromatic carbocycles. The first-order valence-corrected chi connectivity index (χ1v) is 9.55. The molecule has 1 saturated carbocycles. The van der Waals surface area contributed by atoms with Gasteiger partial charge in [0.15, 0.2) is 11.4 Å². The Morgan fingerprint density at radius 3 is 2.82 bits per heavy atom. The van der Waals surface area contributed by atoms with Gasteiger partial charge in [-0.1, -0.05) is 12.8 Å². The number of furan rings is 1. The van der Waals surface area contributed by atoms with Gasteiger partial charge in [0, 0.05) is 18.4 Å². The SMILES string of the molecule is O=C(NC1CCCC1)c1ccc(Cn2c(=O)c3cccn3c3cccnc32)o1. The van der Waals surface area contributed by atoms with E-state index in [-0.39, 0.29) is 29.8 Å². The molecule has 0 unspecified atom stereocenters. The van der Waals surface area contributed by atoms with E-state index in [4.69, 9.17) is 4.42 Å². The van der Waals surface area contributed by atoms with Crippen molar-refractivity contribution in [2.75, 3.05) is 0 Å². The van der Waals surface area contributed by atoms with E-state index >= 15 is 0 Å². The summed E-state index contributed by atoms with van der Waals surface area (Å²) in [4.78, 5) is 29.8. The van der Waals surface area contributed by atoms with Crippen molar-refractivity contribution in [2.24, 2.45) is 0 Å². The Kier molecular flexibility index (Phi) is 4.00. The average molecular weight is 376 g/mol. The van der Waals surface area contributed by atoms with Gasteiger partial charge in [0.2, 0.25) is 0 Å². The minimum atomic E-state index is -0.199. The second kappa shape index (κ2) is 6.67. The molecule has 1 amide bonds. The van der Waals surface area contributed by atoms with Gasteiger partial charge in [-0.25, -0.2) is 4.98 Å². The van der Waals surface area contributed by atoms with Crippen LogP contribution in [0.15, 0.2) is 58.0 Å². The van der Waals surface area contributed by atoms with Crippen LogP contribution in [0.1, 0.15) is 42.0 Å². The molecule has 1 fully saturated rings. The zero-order valence-electron chi connectivity index (χ0n) is 15.3. The van der Waals surface area contributed by atoms with Gasteiger partial charge >= 0.3 is 0 Å². The van der Waals surface area contributed by atoms with Crippen molar-refractivity contribution in [3.05, 3.63) is 70.7 Å². The number of fused-ring (bicyclic) bond motifs is 3. The number of carbonyl (C=O) groups excluding carboxylic acids is 1. The Labute approximate surface area is 160 Å². The van der Waals surface area contributed by atoms with Crippen LogP contribution in [0.25, 0.3) is 16.7 Å². The molecule has 4 heterocycles. The monoisotopic (exact) mass is 376 g/mol. The minimum absolute atomic E-state index is 0.149. The van der Waals surface area contributed by atoms with Gasteiger partial charge in [0.05, 0.1) is 12.1 Å². The van der Waals surface area contributed by atoms with Gasteiger partial charge in [0.1, 0.15) is 11.3 Å². The number of nitrogens with one attached hydrogen (secondary N) is 1. The van der Waals surface area contributed by atoms with Crippen LogP contribution in [0.3, 0.4) is 0 Å². The van der Waals surface area contributed by atoms with E-state index in [0.29, 0.717) is 16.9 Å². The maximum atomic E-state index is 13.0. The zero-order chi connectivity index (χ0) is 19.1. The molecule has 5 rings (SSSR count). The van der Waals surface area contributed by atoms with Crippen LogP contribution < -0.4 is 10.9 Å². The Balaban J connectivity index is 1.48. The number of pyridine rings is 1. The predicted molar refractivity (Wildman–Crippen MR) is 104 cm³/mol. The number of amides is 1. The number of carbonyl (C=O) groups is 1. The largest absolute Gasteiger partial charge is 0.454 e. The molecule has 4 aromatic heterocycles. The topological polar surface area (TPSA) is 81.5 Å². The van der Waals surface area contributed by atoms with E-state index in [1.54, 1.807) is 29.0 Å². The molecule has 1 aliphatic rings. The molecule has 0 aliphatic heterocycles. The zero-order valence-corrected chi connectivity index (χ0v) is 15.3. The summed E-state index contributed by atoms with van der Waals surface area (Å²) in [6, 6.07) is 11.0. The second-order valence-electron chi connectivity index (χ2n) is 7.22. The van der Waals surface area contributed by atoms with E-state index in [1.807, 2.05) is 28.8 Å². The molecule has 0 spiro atoms. The van der Waals surface area contributed by atoms with E-state index in [2.05, 4.69) is 10.3 Å². The van der Waals surface area contributed by atoms with Gasteiger partial charge in [0.25, 0.3) is 11.5 Å². The van der Waals surface area contributed by atoms with Gasteiger partial charge in [-0.15, -0.1) is 0 Å². The molecular weight excluding hydrogens is 356 g/mol. The maximum Gasteiger partial charge on any atom is 0.287 e. The molecule has 1 aliphatic carbocycles. The highest BCUT2D eigenvalue weighted by Gasteiger charge is 2.20. The van der Waals surface area contributed by atoms with Crippen LogP contribution in [0.2, 0.25) is 0 Å². The molecule has 7 nitrogen and oxygen atoms in total. The standard InChI is InChI=1S/C21H20N4O3/c26-20(23-14-5-1-2-6-14)18-10-9-15(28-18)13-25-19-16(7-3-11-22-19)24-12-4-8-17(24)21(25)27/h3-4,7-12,14H,1-2,5-6,13H2,(H,23,26). The molecule has 142 valence electrons. The van der Waals surface area contributed by atoms with Crippen LogP contribution in [0.5, 0.6) is 0 Å². The lowest BCUT2D eigenvalue weighted by atomic mass is 10.2. The number of hydrogen-bond acceptors (Lipinski definition) is 4. The molecule has 0 radical (unpaired) electrons. The van der Waals surface area contributed by atoms with Crippen molar-refractivity contribution < 1.29 is 9.21 Å². The maximum absolute atomic E-state index is 13.0. The number of nitrogens with zero attached hydrogens (tertiary/aromatic N) is 3. The first-order valence-electron chi connectivity index (χ1n) is 9.55. The summed E-state index contributed by atoms with van der Waals surface area (Å²) >= 11 is 0. The van der Waals surface area contributed by atoms with Crippen molar-refractivity contribution in [3.8, 4) is 0 Å². The second-order valence-corrected chi connectivity index (χ2v) is 7.22. The van der Waals surface area contributed by atoms with E-state index in [1.165, 1.54) is 0 Å². The van der Waals surface area contributed by atoms with Gasteiger partial charge < -0.3 is 14.1 Å². The lowest BCUT2D eigenvalue weighted by Crippen LogP contribution is -2.32. The van der Waals surface area contributed by atoms with E-state index in [0.717, 1.165) is 31.2 Å². The fourth-order valence-electron chi connectivity index (χ4n) is 4.00. The Hall–Kier alpha value is -3.35. The minimum Gasteiger partial charge on any atom is -0.454 e. The number of hydrogen-bond donors (Lipinski definition) is 1. The molecule has 0 saturated heterocycles. The van der Waals surface area contributed by atoms with Crippen LogP contribution in [-0.2, 0) is 6.54 Å². The first kappa shape index (κ1) is 16.8. The predicted octanol–water partition coefficient (Wildman–Crippen LogP) is 2.96. The summed E-state index contributed by atoms with van der Waals surface area (Å²) in [6.07, 6.45) is 7.85. The molecular formula is C21H20N4O3. The highest BCUT2D eigenvalue weighted by atomic mass is 16.4.